The maximum absolute atomic E-state index is 12.1. The second kappa shape index (κ2) is 14.1. The highest BCUT2D eigenvalue weighted by Gasteiger charge is 2.40. The lowest BCUT2D eigenvalue weighted by Crippen LogP contribution is -2.38. The normalized spacial score (nSPS) is 12.7. The van der Waals surface area contributed by atoms with Gasteiger partial charge in [0.15, 0.2) is 0 Å². The van der Waals surface area contributed by atoms with Gasteiger partial charge in [0.05, 0.1) is 4.75 Å². The fourth-order valence-electron chi connectivity index (χ4n) is 3.67. The molecule has 0 aliphatic heterocycles. The van der Waals surface area contributed by atoms with Crippen molar-refractivity contribution in [2.75, 3.05) is 0 Å². The Morgan fingerprint density at radius 2 is 0.958 bits per heavy atom. The molecule has 0 aromatic carbocycles. The lowest BCUT2D eigenvalue weighted by atomic mass is 9.89. The van der Waals surface area contributed by atoms with E-state index in [1.807, 2.05) is 6.92 Å². The summed E-state index contributed by atoms with van der Waals surface area (Å²) in [6.45, 7) is 6.42. The molecule has 0 aromatic heterocycles. The van der Waals surface area contributed by atoms with Crippen molar-refractivity contribution in [1.29, 1.82) is 0 Å². The maximum atomic E-state index is 12.1. The van der Waals surface area contributed by atoms with E-state index in [2.05, 4.69) is 13.8 Å². The SMILES string of the molecule is CCCCCCCCC(CCC)(CCCCCCCC)S(=O)(=O)O. The van der Waals surface area contributed by atoms with Gasteiger partial charge in [-0.15, -0.1) is 0 Å². The van der Waals surface area contributed by atoms with Crippen molar-refractivity contribution in [2.24, 2.45) is 0 Å². The first-order chi connectivity index (χ1) is 11.4. The second-order valence-electron chi connectivity index (χ2n) is 7.44. The van der Waals surface area contributed by atoms with Gasteiger partial charge in [-0.05, 0) is 19.3 Å². The molecule has 0 radical (unpaired) electrons. The Morgan fingerprint density at radius 1 is 0.583 bits per heavy atom. The third-order valence-electron chi connectivity index (χ3n) is 5.22. The van der Waals surface area contributed by atoms with E-state index in [4.69, 9.17) is 0 Å². The Labute approximate surface area is 151 Å². The molecule has 0 aromatic rings. The fourth-order valence-corrected chi connectivity index (χ4v) is 4.94. The molecule has 0 atom stereocenters. The second-order valence-corrected chi connectivity index (χ2v) is 9.26. The summed E-state index contributed by atoms with van der Waals surface area (Å²) in [6.07, 6.45) is 16.5. The van der Waals surface area contributed by atoms with Gasteiger partial charge in [0.25, 0.3) is 10.1 Å². The molecule has 0 rings (SSSR count). The van der Waals surface area contributed by atoms with Crippen LogP contribution in [0.2, 0.25) is 0 Å². The van der Waals surface area contributed by atoms with Crippen LogP contribution in [-0.4, -0.2) is 17.7 Å². The van der Waals surface area contributed by atoms with Crippen molar-refractivity contribution < 1.29 is 13.0 Å². The maximum Gasteiger partial charge on any atom is 0.270 e. The van der Waals surface area contributed by atoms with Gasteiger partial charge in [-0.25, -0.2) is 0 Å². The first-order valence-corrected chi connectivity index (χ1v) is 11.8. The van der Waals surface area contributed by atoms with Crippen molar-refractivity contribution >= 4 is 10.1 Å². The third-order valence-corrected chi connectivity index (χ3v) is 6.93. The van der Waals surface area contributed by atoms with Crippen LogP contribution in [0.3, 0.4) is 0 Å². The predicted octanol–water partition coefficient (Wildman–Crippen LogP) is 6.91. The number of hydrogen-bond donors (Lipinski definition) is 1. The van der Waals surface area contributed by atoms with Crippen LogP contribution >= 0.6 is 0 Å². The summed E-state index contributed by atoms with van der Waals surface area (Å²) in [5, 5.41) is 0. The zero-order valence-corrected chi connectivity index (χ0v) is 17.3. The average Bonchev–Trinajstić information content (AvgIpc) is 2.52. The highest BCUT2D eigenvalue weighted by Crippen LogP contribution is 2.35. The van der Waals surface area contributed by atoms with Gasteiger partial charge in [-0.1, -0.05) is 104 Å². The zero-order valence-electron chi connectivity index (χ0n) is 16.5. The Kier molecular flexibility index (Phi) is 14.1. The molecule has 3 nitrogen and oxygen atoms in total. The minimum atomic E-state index is -3.98. The van der Waals surface area contributed by atoms with Gasteiger partial charge in [-0.2, -0.15) is 8.42 Å². The highest BCUT2D eigenvalue weighted by molar-refractivity contribution is 7.87. The summed E-state index contributed by atoms with van der Waals surface area (Å²) in [4.78, 5) is 0. The molecule has 0 aliphatic rings. The van der Waals surface area contributed by atoms with E-state index in [1.54, 1.807) is 0 Å². The minimum Gasteiger partial charge on any atom is -0.285 e. The predicted molar refractivity (Wildman–Crippen MR) is 105 cm³/mol. The van der Waals surface area contributed by atoms with E-state index in [0.29, 0.717) is 19.3 Å². The van der Waals surface area contributed by atoms with Gasteiger partial charge in [0, 0.05) is 0 Å². The zero-order chi connectivity index (χ0) is 18.3. The Hall–Kier alpha value is -0.0900. The fraction of sp³-hybridized carbons (Fsp3) is 1.00. The van der Waals surface area contributed by atoms with Gasteiger partial charge < -0.3 is 0 Å². The molecule has 0 saturated carbocycles. The molecule has 0 aliphatic carbocycles. The van der Waals surface area contributed by atoms with E-state index in [0.717, 1.165) is 32.1 Å². The molecule has 0 amide bonds. The lowest BCUT2D eigenvalue weighted by molar-refractivity contribution is 0.351. The molecule has 4 heteroatoms. The topological polar surface area (TPSA) is 54.4 Å². The summed E-state index contributed by atoms with van der Waals surface area (Å²) in [5.74, 6) is 0. The smallest absolute Gasteiger partial charge is 0.270 e. The largest absolute Gasteiger partial charge is 0.285 e. The molecule has 0 spiro atoms. The van der Waals surface area contributed by atoms with E-state index in [1.165, 1.54) is 51.4 Å². The summed E-state index contributed by atoms with van der Waals surface area (Å²) in [5.41, 5.74) is 0. The van der Waals surface area contributed by atoms with Crippen molar-refractivity contribution in [3.63, 3.8) is 0 Å². The minimum absolute atomic E-state index is 0.593. The van der Waals surface area contributed by atoms with Gasteiger partial charge in [-0.3, -0.25) is 4.55 Å². The standard InChI is InChI=1S/C20H42O3S/c1-4-7-9-11-13-15-18-20(17-6-3,24(21,22)23)19-16-14-12-10-8-5-2/h4-19H2,1-3H3,(H,21,22,23). The molecule has 0 bridgehead atoms. The Balaban J connectivity index is 4.48. The highest BCUT2D eigenvalue weighted by atomic mass is 32.2. The molecular formula is C20H42O3S. The van der Waals surface area contributed by atoms with Crippen LogP contribution in [0, 0.1) is 0 Å². The Morgan fingerprint density at radius 3 is 1.29 bits per heavy atom. The van der Waals surface area contributed by atoms with Crippen LogP contribution in [-0.2, 0) is 10.1 Å². The van der Waals surface area contributed by atoms with Gasteiger partial charge >= 0.3 is 0 Å². The molecule has 0 heterocycles. The van der Waals surface area contributed by atoms with Crippen molar-refractivity contribution in [1.82, 2.24) is 0 Å². The van der Waals surface area contributed by atoms with Crippen LogP contribution in [0.25, 0.3) is 0 Å². The van der Waals surface area contributed by atoms with Crippen molar-refractivity contribution in [3.05, 3.63) is 0 Å². The van der Waals surface area contributed by atoms with Crippen molar-refractivity contribution in [3.8, 4) is 0 Å². The van der Waals surface area contributed by atoms with Crippen molar-refractivity contribution in [2.45, 2.75) is 128 Å². The first kappa shape index (κ1) is 23.9. The van der Waals surface area contributed by atoms with Gasteiger partial charge in [0.2, 0.25) is 0 Å². The average molecular weight is 363 g/mol. The summed E-state index contributed by atoms with van der Waals surface area (Å²) < 4.78 is 33.3. The molecule has 1 N–H and O–H groups in total. The van der Waals surface area contributed by atoms with Crippen LogP contribution < -0.4 is 0 Å². The summed E-state index contributed by atoms with van der Waals surface area (Å²) in [6, 6.07) is 0. The molecule has 146 valence electrons. The van der Waals surface area contributed by atoms with Gasteiger partial charge in [0.1, 0.15) is 0 Å². The molecule has 0 unspecified atom stereocenters. The molecule has 0 saturated heterocycles. The summed E-state index contributed by atoms with van der Waals surface area (Å²) >= 11 is 0. The molecule has 0 fully saturated rings. The summed E-state index contributed by atoms with van der Waals surface area (Å²) in [7, 11) is -3.98. The van der Waals surface area contributed by atoms with E-state index in [9.17, 15) is 13.0 Å². The first-order valence-electron chi connectivity index (χ1n) is 10.4. The van der Waals surface area contributed by atoms with Crippen LogP contribution in [0.15, 0.2) is 0 Å². The van der Waals surface area contributed by atoms with E-state index >= 15 is 0 Å². The number of rotatable bonds is 17. The molecule has 24 heavy (non-hydrogen) atoms. The Bertz CT molecular complexity index is 360. The molecular weight excluding hydrogens is 320 g/mol. The van der Waals surface area contributed by atoms with Crippen LogP contribution in [0.5, 0.6) is 0 Å². The van der Waals surface area contributed by atoms with E-state index in [-0.39, 0.29) is 0 Å². The van der Waals surface area contributed by atoms with Crippen LogP contribution in [0.1, 0.15) is 124 Å². The number of hydrogen-bond acceptors (Lipinski definition) is 2. The lowest BCUT2D eigenvalue weighted by Gasteiger charge is -2.30. The number of unbranched alkanes of at least 4 members (excludes halogenated alkanes) is 10. The monoisotopic (exact) mass is 362 g/mol. The van der Waals surface area contributed by atoms with E-state index < -0.39 is 14.9 Å². The third kappa shape index (κ3) is 10.0. The van der Waals surface area contributed by atoms with Crippen LogP contribution in [0.4, 0.5) is 0 Å². The quantitative estimate of drug-likeness (QED) is 0.226.